The van der Waals surface area contributed by atoms with Crippen LogP contribution >= 0.6 is 11.6 Å². The molecule has 0 radical (unpaired) electrons. The fourth-order valence-electron chi connectivity index (χ4n) is 1.63. The number of benzene rings is 2. The molecule has 2 rings (SSSR count). The van der Waals surface area contributed by atoms with Crippen LogP contribution in [0.15, 0.2) is 41.3 Å². The smallest absolute Gasteiger partial charge is 0.264 e. The predicted octanol–water partition coefficient (Wildman–Crippen LogP) is 3.43. The second kappa shape index (κ2) is 5.87. The zero-order valence-corrected chi connectivity index (χ0v) is 12.3. The maximum Gasteiger partial charge on any atom is 0.264 e. The third kappa shape index (κ3) is 3.25. The van der Waals surface area contributed by atoms with Gasteiger partial charge in [-0.05, 0) is 30.3 Å². The minimum atomic E-state index is -4.19. The molecule has 0 aromatic heterocycles. The summed E-state index contributed by atoms with van der Waals surface area (Å²) in [5.74, 6) is -1.90. The van der Waals surface area contributed by atoms with Crippen molar-refractivity contribution in [3.8, 4) is 5.75 Å². The number of sulfonamides is 1. The van der Waals surface area contributed by atoms with Crippen LogP contribution in [0.3, 0.4) is 0 Å². The molecular formula is C13H10ClF2NO3S. The number of rotatable bonds is 4. The van der Waals surface area contributed by atoms with Gasteiger partial charge in [-0.25, -0.2) is 17.2 Å². The van der Waals surface area contributed by atoms with Crippen LogP contribution in [0, 0.1) is 11.6 Å². The zero-order chi connectivity index (χ0) is 15.6. The van der Waals surface area contributed by atoms with Crippen molar-refractivity contribution >= 4 is 27.3 Å². The van der Waals surface area contributed by atoms with E-state index in [-0.39, 0.29) is 16.5 Å². The van der Waals surface area contributed by atoms with Gasteiger partial charge in [-0.2, -0.15) is 0 Å². The minimum absolute atomic E-state index is 0.0172. The van der Waals surface area contributed by atoms with Crippen molar-refractivity contribution in [3.63, 3.8) is 0 Å². The van der Waals surface area contributed by atoms with Gasteiger partial charge in [0.25, 0.3) is 10.0 Å². The first-order valence-electron chi connectivity index (χ1n) is 5.65. The molecule has 0 aliphatic rings. The zero-order valence-electron chi connectivity index (χ0n) is 10.7. The van der Waals surface area contributed by atoms with Gasteiger partial charge in [-0.3, -0.25) is 4.72 Å². The van der Waals surface area contributed by atoms with Gasteiger partial charge in [-0.1, -0.05) is 17.7 Å². The maximum atomic E-state index is 14.0. The molecule has 0 spiro atoms. The van der Waals surface area contributed by atoms with E-state index in [9.17, 15) is 17.2 Å². The summed E-state index contributed by atoms with van der Waals surface area (Å²) in [7, 11) is -2.97. The first kappa shape index (κ1) is 15.5. The molecule has 8 heteroatoms. The second-order valence-electron chi connectivity index (χ2n) is 4.01. The third-order valence-corrected chi connectivity index (χ3v) is 4.30. The molecule has 1 N–H and O–H groups in total. The highest BCUT2D eigenvalue weighted by Gasteiger charge is 2.22. The summed E-state index contributed by atoms with van der Waals surface area (Å²) in [5.41, 5.74) is 0.0172. The van der Waals surface area contributed by atoms with E-state index in [0.717, 1.165) is 18.2 Å². The molecule has 21 heavy (non-hydrogen) atoms. The second-order valence-corrected chi connectivity index (χ2v) is 6.06. The lowest BCUT2D eigenvalue weighted by Gasteiger charge is -2.11. The molecular weight excluding hydrogens is 324 g/mol. The van der Waals surface area contributed by atoms with E-state index in [1.807, 2.05) is 0 Å². The lowest BCUT2D eigenvalue weighted by molar-refractivity contribution is 0.380. The number of anilines is 1. The fourth-order valence-corrected chi connectivity index (χ4v) is 2.95. The molecule has 0 unspecified atom stereocenters. The van der Waals surface area contributed by atoms with Crippen LogP contribution in [0.25, 0.3) is 0 Å². The number of halogens is 3. The van der Waals surface area contributed by atoms with E-state index in [2.05, 4.69) is 4.72 Å². The molecule has 2 aromatic rings. The lowest BCUT2D eigenvalue weighted by atomic mass is 10.3. The van der Waals surface area contributed by atoms with Crippen molar-refractivity contribution in [2.75, 3.05) is 11.8 Å². The summed E-state index contributed by atoms with van der Waals surface area (Å²) >= 11 is 5.56. The molecule has 2 aromatic carbocycles. The predicted molar refractivity (Wildman–Crippen MR) is 75.2 cm³/mol. The Morgan fingerprint density at radius 3 is 2.52 bits per heavy atom. The summed E-state index contributed by atoms with van der Waals surface area (Å²) in [6.45, 7) is 0. The molecule has 0 aliphatic carbocycles. The monoisotopic (exact) mass is 333 g/mol. The first-order chi connectivity index (χ1) is 9.85. The molecule has 0 saturated carbocycles. The van der Waals surface area contributed by atoms with Crippen LogP contribution in [0.4, 0.5) is 14.5 Å². The van der Waals surface area contributed by atoms with Gasteiger partial charge < -0.3 is 4.74 Å². The van der Waals surface area contributed by atoms with Gasteiger partial charge in [-0.15, -0.1) is 0 Å². The third-order valence-electron chi connectivity index (χ3n) is 2.61. The van der Waals surface area contributed by atoms with Crippen molar-refractivity contribution in [1.29, 1.82) is 0 Å². The lowest BCUT2D eigenvalue weighted by Crippen LogP contribution is -2.15. The van der Waals surface area contributed by atoms with Crippen LogP contribution in [0.2, 0.25) is 5.02 Å². The first-order valence-corrected chi connectivity index (χ1v) is 7.51. The molecule has 0 aliphatic heterocycles. The van der Waals surface area contributed by atoms with Crippen molar-refractivity contribution in [3.05, 3.63) is 53.1 Å². The highest BCUT2D eigenvalue weighted by atomic mass is 35.5. The van der Waals surface area contributed by atoms with E-state index < -0.39 is 26.6 Å². The van der Waals surface area contributed by atoms with E-state index in [1.165, 1.54) is 25.3 Å². The summed E-state index contributed by atoms with van der Waals surface area (Å²) in [6.07, 6.45) is 0. The number of methoxy groups -OCH3 is 1. The molecule has 0 amide bonds. The van der Waals surface area contributed by atoms with Gasteiger partial charge in [0.15, 0.2) is 11.6 Å². The average molecular weight is 334 g/mol. The van der Waals surface area contributed by atoms with Gasteiger partial charge >= 0.3 is 0 Å². The topological polar surface area (TPSA) is 55.4 Å². The van der Waals surface area contributed by atoms with Crippen LogP contribution in [0.5, 0.6) is 5.75 Å². The molecule has 4 nitrogen and oxygen atoms in total. The van der Waals surface area contributed by atoms with Gasteiger partial charge in [0.2, 0.25) is 0 Å². The maximum absolute atomic E-state index is 14.0. The molecule has 0 bridgehead atoms. The Morgan fingerprint density at radius 2 is 1.90 bits per heavy atom. The summed E-state index contributed by atoms with van der Waals surface area (Å²) in [5, 5.41) is -0.249. The van der Waals surface area contributed by atoms with Crippen LogP contribution < -0.4 is 9.46 Å². The highest BCUT2D eigenvalue weighted by Crippen LogP contribution is 2.26. The van der Waals surface area contributed by atoms with Gasteiger partial charge in [0, 0.05) is 0 Å². The Kier molecular flexibility index (Phi) is 4.34. The van der Waals surface area contributed by atoms with Crippen LogP contribution in [0.1, 0.15) is 0 Å². The van der Waals surface area contributed by atoms with Gasteiger partial charge in [0.1, 0.15) is 10.7 Å². The number of nitrogens with one attached hydrogen (secondary N) is 1. The number of hydrogen-bond donors (Lipinski definition) is 1. The van der Waals surface area contributed by atoms with E-state index >= 15 is 0 Å². The van der Waals surface area contributed by atoms with Crippen LogP contribution in [-0.2, 0) is 10.0 Å². The quantitative estimate of drug-likeness (QED) is 0.932. The number of hydrogen-bond acceptors (Lipinski definition) is 3. The van der Waals surface area contributed by atoms with Crippen molar-refractivity contribution in [1.82, 2.24) is 0 Å². The van der Waals surface area contributed by atoms with E-state index in [0.29, 0.717) is 0 Å². The summed E-state index contributed by atoms with van der Waals surface area (Å²) < 4.78 is 58.2. The summed E-state index contributed by atoms with van der Waals surface area (Å²) in [6, 6.07) is 6.99. The van der Waals surface area contributed by atoms with Crippen molar-refractivity contribution in [2.24, 2.45) is 0 Å². The minimum Gasteiger partial charge on any atom is -0.494 e. The number of ether oxygens (including phenoxy) is 1. The Balaban J connectivity index is 2.41. The molecule has 0 fully saturated rings. The average Bonchev–Trinajstić information content (AvgIpc) is 2.42. The Morgan fingerprint density at radius 1 is 1.19 bits per heavy atom. The summed E-state index contributed by atoms with van der Waals surface area (Å²) in [4.78, 5) is -0.581. The largest absolute Gasteiger partial charge is 0.494 e. The van der Waals surface area contributed by atoms with Crippen LogP contribution in [-0.4, -0.2) is 15.5 Å². The SMILES string of the molecule is COc1cccc(S(=O)(=O)Nc2ccc(F)c(Cl)c2)c1F. The van der Waals surface area contributed by atoms with E-state index in [4.69, 9.17) is 16.3 Å². The van der Waals surface area contributed by atoms with Crippen molar-refractivity contribution in [2.45, 2.75) is 4.90 Å². The Bertz CT molecular complexity index is 781. The highest BCUT2D eigenvalue weighted by molar-refractivity contribution is 7.92. The molecule has 0 saturated heterocycles. The molecule has 112 valence electrons. The van der Waals surface area contributed by atoms with Gasteiger partial charge in [0.05, 0.1) is 17.8 Å². The fraction of sp³-hybridized carbons (Fsp3) is 0.0769. The molecule has 0 heterocycles. The Labute approximate surface area is 125 Å². The standard InChI is InChI=1S/C13H10ClF2NO3S/c1-20-11-3-2-4-12(13(11)16)21(18,19)17-8-5-6-10(15)9(14)7-8/h2-7,17H,1H3. The van der Waals surface area contributed by atoms with Crippen molar-refractivity contribution < 1.29 is 21.9 Å². The Hall–Kier alpha value is -1.86. The normalized spacial score (nSPS) is 11.2. The van der Waals surface area contributed by atoms with E-state index in [1.54, 1.807) is 0 Å². The molecule has 0 atom stereocenters.